The van der Waals surface area contributed by atoms with Gasteiger partial charge in [0.15, 0.2) is 5.78 Å². The average Bonchev–Trinajstić information content (AvgIpc) is 2.45. The van der Waals surface area contributed by atoms with E-state index in [-0.39, 0.29) is 18.9 Å². The summed E-state index contributed by atoms with van der Waals surface area (Å²) in [5.41, 5.74) is -1.16. The second-order valence-corrected chi connectivity index (χ2v) is 8.37. The molecule has 2 N–H and O–H groups in total. The molecule has 0 aliphatic carbocycles. The number of carbonyl (C=O) groups is 3. The highest BCUT2D eigenvalue weighted by molar-refractivity contribution is 5.92. The summed E-state index contributed by atoms with van der Waals surface area (Å²) < 4.78 is 10.2. The van der Waals surface area contributed by atoms with Crippen LogP contribution in [0.3, 0.4) is 0 Å². The van der Waals surface area contributed by atoms with Gasteiger partial charge in [-0.05, 0) is 39.5 Å². The van der Waals surface area contributed by atoms with Gasteiger partial charge >= 0.3 is 12.1 Å². The third-order valence-electron chi connectivity index (χ3n) is 3.53. The van der Waals surface area contributed by atoms with Crippen LogP contribution in [0.2, 0.25) is 0 Å². The minimum atomic E-state index is -0.747. The zero-order valence-corrected chi connectivity index (χ0v) is 17.5. The van der Waals surface area contributed by atoms with E-state index in [1.807, 2.05) is 27.7 Å². The summed E-state index contributed by atoms with van der Waals surface area (Å²) in [5.74, 6) is -0.580. The van der Waals surface area contributed by atoms with Crippen LogP contribution in [0.25, 0.3) is 0 Å². The standard InChI is InChI=1S/C19H36N2O5/c1-9-11-13(20-12-14(22)25-10-2)15(23)16(18(3,4)5)21-17(24)26-19(6,7)8/h13,16,20H,9-12H2,1-8H3,(H,21,24). The Morgan fingerprint density at radius 2 is 1.58 bits per heavy atom. The van der Waals surface area contributed by atoms with Crippen molar-refractivity contribution in [2.24, 2.45) is 5.41 Å². The lowest BCUT2D eigenvalue weighted by Crippen LogP contribution is -2.56. The number of ether oxygens (including phenoxy) is 2. The van der Waals surface area contributed by atoms with Crippen LogP contribution in [-0.4, -0.2) is 48.7 Å². The molecule has 0 spiro atoms. The Balaban J connectivity index is 5.20. The van der Waals surface area contributed by atoms with Gasteiger partial charge in [-0.15, -0.1) is 0 Å². The van der Waals surface area contributed by atoms with E-state index < -0.39 is 35.2 Å². The van der Waals surface area contributed by atoms with Crippen LogP contribution in [0.4, 0.5) is 4.79 Å². The minimum Gasteiger partial charge on any atom is -0.465 e. The van der Waals surface area contributed by atoms with E-state index in [0.717, 1.165) is 6.42 Å². The fourth-order valence-electron chi connectivity index (χ4n) is 2.39. The highest BCUT2D eigenvalue weighted by Crippen LogP contribution is 2.22. The fraction of sp³-hybridized carbons (Fsp3) is 0.842. The van der Waals surface area contributed by atoms with Crippen molar-refractivity contribution in [1.29, 1.82) is 0 Å². The molecule has 0 heterocycles. The maximum absolute atomic E-state index is 13.1. The Labute approximate surface area is 157 Å². The molecule has 2 atom stereocenters. The number of nitrogens with one attached hydrogen (secondary N) is 2. The van der Waals surface area contributed by atoms with E-state index in [1.165, 1.54) is 0 Å². The first-order valence-electron chi connectivity index (χ1n) is 9.24. The van der Waals surface area contributed by atoms with Crippen LogP contribution in [0.5, 0.6) is 0 Å². The number of alkyl carbamates (subject to hydrolysis) is 1. The topological polar surface area (TPSA) is 93.7 Å². The molecule has 0 fully saturated rings. The number of Topliss-reactive ketones (excluding diaryl/α,β-unsaturated/α-hetero) is 1. The quantitative estimate of drug-likeness (QED) is 0.605. The summed E-state index contributed by atoms with van der Waals surface area (Å²) in [7, 11) is 0. The smallest absolute Gasteiger partial charge is 0.408 e. The maximum atomic E-state index is 13.1. The molecule has 7 heteroatoms. The average molecular weight is 373 g/mol. The number of hydrogen-bond donors (Lipinski definition) is 2. The van der Waals surface area contributed by atoms with Gasteiger partial charge in [0.05, 0.1) is 25.2 Å². The first-order chi connectivity index (χ1) is 11.8. The second-order valence-electron chi connectivity index (χ2n) is 8.37. The molecule has 0 bridgehead atoms. The molecule has 0 aliphatic rings. The van der Waals surface area contributed by atoms with Crippen LogP contribution < -0.4 is 10.6 Å². The third-order valence-corrected chi connectivity index (χ3v) is 3.53. The van der Waals surface area contributed by atoms with Crippen LogP contribution in [0.15, 0.2) is 0 Å². The molecule has 0 saturated carbocycles. The van der Waals surface area contributed by atoms with Gasteiger partial charge in [-0.25, -0.2) is 4.79 Å². The SMILES string of the molecule is CCCC(NCC(=O)OCC)C(=O)C(NC(=O)OC(C)(C)C)C(C)(C)C. The molecular weight excluding hydrogens is 336 g/mol. The maximum Gasteiger partial charge on any atom is 0.408 e. The van der Waals surface area contributed by atoms with Crippen LogP contribution in [0, 0.1) is 5.41 Å². The van der Waals surface area contributed by atoms with Gasteiger partial charge < -0.3 is 14.8 Å². The van der Waals surface area contributed by atoms with Crippen molar-refractivity contribution in [3.63, 3.8) is 0 Å². The molecule has 0 aromatic rings. The minimum absolute atomic E-state index is 0.0481. The normalized spacial score (nSPS) is 14.3. The molecule has 1 amide bonds. The lowest BCUT2D eigenvalue weighted by Gasteiger charge is -2.33. The number of hydrogen-bond acceptors (Lipinski definition) is 6. The summed E-state index contributed by atoms with van der Waals surface area (Å²) in [4.78, 5) is 36.8. The Hall–Kier alpha value is -1.63. The summed E-state index contributed by atoms with van der Waals surface area (Å²) >= 11 is 0. The van der Waals surface area contributed by atoms with Gasteiger partial charge in [0.25, 0.3) is 0 Å². The lowest BCUT2D eigenvalue weighted by molar-refractivity contribution is -0.142. The molecule has 26 heavy (non-hydrogen) atoms. The van der Waals surface area contributed by atoms with E-state index >= 15 is 0 Å². The zero-order valence-electron chi connectivity index (χ0n) is 17.5. The predicted octanol–water partition coefficient (Wildman–Crippen LogP) is 2.82. The second kappa shape index (κ2) is 10.5. The predicted molar refractivity (Wildman–Crippen MR) is 101 cm³/mol. The van der Waals surface area contributed by atoms with E-state index in [4.69, 9.17) is 9.47 Å². The number of esters is 1. The Kier molecular flexibility index (Phi) is 9.84. The molecule has 7 nitrogen and oxygen atoms in total. The Morgan fingerprint density at radius 1 is 1.00 bits per heavy atom. The first-order valence-corrected chi connectivity index (χ1v) is 9.24. The van der Waals surface area contributed by atoms with Crippen molar-refractivity contribution < 1.29 is 23.9 Å². The fourth-order valence-corrected chi connectivity index (χ4v) is 2.39. The van der Waals surface area contributed by atoms with Gasteiger partial charge in [-0.3, -0.25) is 14.9 Å². The van der Waals surface area contributed by atoms with Crippen molar-refractivity contribution in [1.82, 2.24) is 10.6 Å². The number of amides is 1. The Morgan fingerprint density at radius 3 is 2.00 bits per heavy atom. The van der Waals surface area contributed by atoms with Crippen molar-refractivity contribution in [2.75, 3.05) is 13.2 Å². The van der Waals surface area contributed by atoms with E-state index in [2.05, 4.69) is 10.6 Å². The summed E-state index contributed by atoms with van der Waals surface area (Å²) in [6, 6.07) is -1.30. The molecule has 0 aromatic heterocycles. The molecule has 0 saturated heterocycles. The van der Waals surface area contributed by atoms with E-state index in [0.29, 0.717) is 6.42 Å². The number of ketones is 1. The zero-order chi connectivity index (χ0) is 20.5. The van der Waals surface area contributed by atoms with Crippen LogP contribution >= 0.6 is 0 Å². The first kappa shape index (κ1) is 24.4. The highest BCUT2D eigenvalue weighted by Gasteiger charge is 2.37. The van der Waals surface area contributed by atoms with Gasteiger partial charge in [0.2, 0.25) is 0 Å². The molecule has 0 rings (SSSR count). The van der Waals surface area contributed by atoms with Crippen LogP contribution in [0.1, 0.15) is 68.2 Å². The molecule has 152 valence electrons. The van der Waals surface area contributed by atoms with Crippen molar-refractivity contribution in [3.05, 3.63) is 0 Å². The van der Waals surface area contributed by atoms with Gasteiger partial charge in [0.1, 0.15) is 5.60 Å². The van der Waals surface area contributed by atoms with E-state index in [9.17, 15) is 14.4 Å². The summed E-state index contributed by atoms with van der Waals surface area (Å²) in [5, 5.41) is 5.66. The molecule has 0 aromatic carbocycles. The largest absolute Gasteiger partial charge is 0.465 e. The van der Waals surface area contributed by atoms with Crippen molar-refractivity contribution in [2.45, 2.75) is 85.9 Å². The molecule has 2 unspecified atom stereocenters. The van der Waals surface area contributed by atoms with Gasteiger partial charge in [0, 0.05) is 0 Å². The molecule has 0 radical (unpaired) electrons. The summed E-state index contributed by atoms with van der Waals surface area (Å²) in [6.07, 6.45) is 0.683. The van der Waals surface area contributed by atoms with Gasteiger partial charge in [-0.2, -0.15) is 0 Å². The number of rotatable bonds is 9. The van der Waals surface area contributed by atoms with Crippen molar-refractivity contribution in [3.8, 4) is 0 Å². The van der Waals surface area contributed by atoms with E-state index in [1.54, 1.807) is 27.7 Å². The molecular formula is C19H36N2O5. The Bertz CT molecular complexity index is 477. The van der Waals surface area contributed by atoms with Gasteiger partial charge in [-0.1, -0.05) is 34.1 Å². The summed E-state index contributed by atoms with van der Waals surface area (Å²) in [6.45, 7) is 14.9. The van der Waals surface area contributed by atoms with Crippen LogP contribution in [-0.2, 0) is 19.1 Å². The van der Waals surface area contributed by atoms with Crippen molar-refractivity contribution >= 4 is 17.8 Å². The third kappa shape index (κ3) is 9.75. The monoisotopic (exact) mass is 372 g/mol. The molecule has 0 aliphatic heterocycles. The lowest BCUT2D eigenvalue weighted by atomic mass is 9.81. The highest BCUT2D eigenvalue weighted by atomic mass is 16.6. The number of carbonyl (C=O) groups excluding carboxylic acids is 3.